The molecule has 1 rings (SSSR count). The molecule has 0 aliphatic rings. The van der Waals surface area contributed by atoms with Gasteiger partial charge in [-0.3, -0.25) is 0 Å². The molecule has 5 heteroatoms. The second-order valence-electron chi connectivity index (χ2n) is 2.41. The second kappa shape index (κ2) is 4.81. The first-order chi connectivity index (χ1) is 6.69. The normalized spacial score (nSPS) is 9.64. The standard InChI is InChI=1S/C9H11ClN2O2/c1-4-14-6(2)9-11-5-7(13-3)8(10)12-9/h5H,2,4H2,1,3H3. The molecule has 0 aliphatic heterocycles. The molecule has 0 amide bonds. The van der Waals surface area contributed by atoms with Crippen LogP contribution in [0.3, 0.4) is 0 Å². The van der Waals surface area contributed by atoms with Crippen molar-refractivity contribution in [2.45, 2.75) is 6.92 Å². The number of halogens is 1. The molecule has 0 saturated carbocycles. The van der Waals surface area contributed by atoms with Crippen LogP contribution in [-0.2, 0) is 4.74 Å². The third-order valence-electron chi connectivity index (χ3n) is 1.50. The summed E-state index contributed by atoms with van der Waals surface area (Å²) in [7, 11) is 1.50. The smallest absolute Gasteiger partial charge is 0.196 e. The highest BCUT2D eigenvalue weighted by molar-refractivity contribution is 6.30. The largest absolute Gasteiger partial charge is 0.492 e. The number of aromatic nitrogens is 2. The molecule has 1 aromatic heterocycles. The molecule has 0 unspecified atom stereocenters. The molecule has 0 radical (unpaired) electrons. The van der Waals surface area contributed by atoms with Crippen molar-refractivity contribution in [1.82, 2.24) is 9.97 Å². The van der Waals surface area contributed by atoms with E-state index >= 15 is 0 Å². The van der Waals surface area contributed by atoms with Crippen molar-refractivity contribution in [3.05, 3.63) is 23.8 Å². The second-order valence-corrected chi connectivity index (χ2v) is 2.77. The minimum Gasteiger partial charge on any atom is -0.492 e. The SMILES string of the molecule is C=C(OCC)c1ncc(OC)c(Cl)n1. The van der Waals surface area contributed by atoms with Crippen LogP contribution in [0.5, 0.6) is 5.75 Å². The summed E-state index contributed by atoms with van der Waals surface area (Å²) in [5, 5.41) is 0.248. The molecule has 0 atom stereocenters. The average molecular weight is 215 g/mol. The Morgan fingerprint density at radius 2 is 2.36 bits per heavy atom. The molecule has 0 aromatic carbocycles. The van der Waals surface area contributed by atoms with Crippen LogP contribution in [0.2, 0.25) is 5.15 Å². The van der Waals surface area contributed by atoms with Crippen LogP contribution in [0.25, 0.3) is 5.76 Å². The Balaban J connectivity index is 2.91. The number of ether oxygens (including phenoxy) is 2. The van der Waals surface area contributed by atoms with Crippen LogP contribution in [-0.4, -0.2) is 23.7 Å². The predicted octanol–water partition coefficient (Wildman–Crippen LogP) is 2.15. The highest BCUT2D eigenvalue weighted by atomic mass is 35.5. The Bertz CT molecular complexity index is 342. The first-order valence-corrected chi connectivity index (χ1v) is 4.45. The van der Waals surface area contributed by atoms with E-state index < -0.39 is 0 Å². The van der Waals surface area contributed by atoms with E-state index in [0.717, 1.165) is 0 Å². The molecule has 0 aliphatic carbocycles. The zero-order valence-electron chi connectivity index (χ0n) is 8.08. The van der Waals surface area contributed by atoms with Gasteiger partial charge in [0.1, 0.15) is 0 Å². The summed E-state index contributed by atoms with van der Waals surface area (Å²) in [5.41, 5.74) is 0. The number of hydrogen-bond donors (Lipinski definition) is 0. The van der Waals surface area contributed by atoms with Crippen molar-refractivity contribution in [2.75, 3.05) is 13.7 Å². The fourth-order valence-corrected chi connectivity index (χ4v) is 1.07. The van der Waals surface area contributed by atoms with Crippen LogP contribution in [0.1, 0.15) is 12.7 Å². The lowest BCUT2D eigenvalue weighted by Crippen LogP contribution is -1.98. The lowest BCUT2D eigenvalue weighted by atomic mass is 10.5. The number of methoxy groups -OCH3 is 1. The van der Waals surface area contributed by atoms with Gasteiger partial charge in [0.25, 0.3) is 0 Å². The molecule has 0 spiro atoms. The van der Waals surface area contributed by atoms with Gasteiger partial charge >= 0.3 is 0 Å². The van der Waals surface area contributed by atoms with E-state index in [1.54, 1.807) is 0 Å². The third-order valence-corrected chi connectivity index (χ3v) is 1.77. The van der Waals surface area contributed by atoms with Gasteiger partial charge in [0.2, 0.25) is 0 Å². The molecule has 76 valence electrons. The van der Waals surface area contributed by atoms with Crippen LogP contribution in [0, 0.1) is 0 Å². The van der Waals surface area contributed by atoms with Crippen LogP contribution in [0.15, 0.2) is 12.8 Å². The minimum atomic E-state index is 0.248. The molecular weight excluding hydrogens is 204 g/mol. The lowest BCUT2D eigenvalue weighted by molar-refractivity contribution is 0.296. The van der Waals surface area contributed by atoms with Crippen molar-refractivity contribution in [1.29, 1.82) is 0 Å². The number of rotatable bonds is 4. The van der Waals surface area contributed by atoms with Crippen molar-refractivity contribution >= 4 is 17.4 Å². The monoisotopic (exact) mass is 214 g/mol. The molecule has 0 fully saturated rings. The van der Waals surface area contributed by atoms with Crippen molar-refractivity contribution in [2.24, 2.45) is 0 Å². The third kappa shape index (κ3) is 2.35. The summed E-state index contributed by atoms with van der Waals surface area (Å²) in [5.74, 6) is 1.20. The molecule has 1 aromatic rings. The molecule has 4 nitrogen and oxygen atoms in total. The Morgan fingerprint density at radius 3 is 2.86 bits per heavy atom. The van der Waals surface area contributed by atoms with Crippen molar-refractivity contribution in [3.8, 4) is 5.75 Å². The topological polar surface area (TPSA) is 44.2 Å². The van der Waals surface area contributed by atoms with Crippen molar-refractivity contribution < 1.29 is 9.47 Å². The maximum atomic E-state index is 5.80. The summed E-state index contributed by atoms with van der Waals surface area (Å²) >= 11 is 5.80. The van der Waals surface area contributed by atoms with Crippen LogP contribution in [0.4, 0.5) is 0 Å². The summed E-state index contributed by atoms with van der Waals surface area (Å²) in [6.45, 7) is 6.04. The highest BCUT2D eigenvalue weighted by Crippen LogP contribution is 2.21. The van der Waals surface area contributed by atoms with Crippen LogP contribution < -0.4 is 4.74 Å². The summed E-state index contributed by atoms with van der Waals surface area (Å²) in [4.78, 5) is 7.95. The fourth-order valence-electron chi connectivity index (χ4n) is 0.860. The van der Waals surface area contributed by atoms with Gasteiger partial charge in [-0.1, -0.05) is 18.2 Å². The van der Waals surface area contributed by atoms with Gasteiger partial charge < -0.3 is 9.47 Å². The summed E-state index contributed by atoms with van der Waals surface area (Å²) in [6.07, 6.45) is 1.48. The van der Waals surface area contributed by atoms with Gasteiger partial charge in [0.05, 0.1) is 19.9 Å². The average Bonchev–Trinajstić information content (AvgIpc) is 2.18. The molecule has 0 bridgehead atoms. The molecule has 0 N–H and O–H groups in total. The van der Waals surface area contributed by atoms with E-state index in [1.165, 1.54) is 13.3 Å². The lowest BCUT2D eigenvalue weighted by Gasteiger charge is -2.06. The minimum absolute atomic E-state index is 0.248. The Morgan fingerprint density at radius 1 is 1.64 bits per heavy atom. The Hall–Kier alpha value is -1.29. The first-order valence-electron chi connectivity index (χ1n) is 4.07. The van der Waals surface area contributed by atoms with E-state index in [2.05, 4.69) is 16.5 Å². The summed E-state index contributed by atoms with van der Waals surface area (Å²) < 4.78 is 10.0. The van der Waals surface area contributed by atoms with Gasteiger partial charge in [0.15, 0.2) is 22.5 Å². The maximum Gasteiger partial charge on any atom is 0.196 e. The zero-order chi connectivity index (χ0) is 10.6. The Labute approximate surface area is 87.5 Å². The molecule has 1 heterocycles. The number of hydrogen-bond acceptors (Lipinski definition) is 4. The van der Waals surface area contributed by atoms with E-state index in [-0.39, 0.29) is 5.15 Å². The molecule has 14 heavy (non-hydrogen) atoms. The zero-order valence-corrected chi connectivity index (χ0v) is 8.84. The predicted molar refractivity (Wildman–Crippen MR) is 54.3 cm³/mol. The van der Waals surface area contributed by atoms with E-state index in [4.69, 9.17) is 21.1 Å². The highest BCUT2D eigenvalue weighted by Gasteiger charge is 2.08. The van der Waals surface area contributed by atoms with Gasteiger partial charge in [-0.2, -0.15) is 0 Å². The Kier molecular flexibility index (Phi) is 3.71. The first kappa shape index (κ1) is 10.8. The van der Waals surface area contributed by atoms with E-state index in [0.29, 0.717) is 23.9 Å². The van der Waals surface area contributed by atoms with E-state index in [1.807, 2.05) is 6.92 Å². The van der Waals surface area contributed by atoms with Crippen molar-refractivity contribution in [3.63, 3.8) is 0 Å². The maximum absolute atomic E-state index is 5.80. The van der Waals surface area contributed by atoms with Gasteiger partial charge in [-0.05, 0) is 6.92 Å². The summed E-state index contributed by atoms with van der Waals surface area (Å²) in [6, 6.07) is 0. The molecule has 0 saturated heterocycles. The van der Waals surface area contributed by atoms with Gasteiger partial charge in [-0.15, -0.1) is 0 Å². The molecular formula is C9H11ClN2O2. The fraction of sp³-hybridized carbons (Fsp3) is 0.333. The van der Waals surface area contributed by atoms with Gasteiger partial charge in [0, 0.05) is 0 Å². The van der Waals surface area contributed by atoms with Gasteiger partial charge in [-0.25, -0.2) is 9.97 Å². The quantitative estimate of drug-likeness (QED) is 0.569. The van der Waals surface area contributed by atoms with Crippen LogP contribution >= 0.6 is 11.6 Å². The van der Waals surface area contributed by atoms with E-state index in [9.17, 15) is 0 Å². The number of nitrogens with zero attached hydrogens (tertiary/aromatic N) is 2.